The van der Waals surface area contributed by atoms with Crippen molar-refractivity contribution in [3.8, 4) is 17.3 Å². The molecule has 1 aliphatic heterocycles. The number of benzene rings is 2. The highest BCUT2D eigenvalue weighted by Crippen LogP contribution is 2.22. The second-order valence-electron chi connectivity index (χ2n) is 6.52. The summed E-state index contributed by atoms with van der Waals surface area (Å²) in [4.78, 5) is 31.6. The van der Waals surface area contributed by atoms with E-state index in [1.54, 1.807) is 24.3 Å². The van der Waals surface area contributed by atoms with E-state index in [2.05, 4.69) is 25.5 Å². The van der Waals surface area contributed by atoms with Gasteiger partial charge in [-0.1, -0.05) is 84.2 Å². The van der Waals surface area contributed by atoms with Crippen molar-refractivity contribution in [3.05, 3.63) is 82.1 Å². The van der Waals surface area contributed by atoms with Crippen LogP contribution in [0.1, 0.15) is 11.1 Å². The summed E-state index contributed by atoms with van der Waals surface area (Å²) >= 11 is 2.46. The Morgan fingerprint density at radius 2 is 1.78 bits per heavy atom. The van der Waals surface area contributed by atoms with Gasteiger partial charge in [-0.2, -0.15) is 10.4 Å². The first-order valence-corrected chi connectivity index (χ1v) is 11.5. The lowest BCUT2D eigenvalue weighted by molar-refractivity contribution is -0.117. The van der Waals surface area contributed by atoms with E-state index in [0.717, 1.165) is 23.0 Å². The Morgan fingerprint density at radius 3 is 2.41 bits per heavy atom. The Morgan fingerprint density at radius 1 is 1.09 bits per heavy atom. The number of aromatic nitrogens is 2. The number of nitriles is 1. The molecule has 0 saturated carbocycles. The van der Waals surface area contributed by atoms with Crippen molar-refractivity contribution in [1.82, 2.24) is 15.3 Å². The molecule has 0 radical (unpaired) electrons. The van der Waals surface area contributed by atoms with Crippen molar-refractivity contribution in [2.45, 2.75) is 5.16 Å². The lowest BCUT2D eigenvalue weighted by Gasteiger charge is -2.12. The Balaban J connectivity index is 1.42. The number of rotatable bonds is 5. The normalized spacial score (nSPS) is 13.0. The van der Waals surface area contributed by atoms with E-state index in [1.807, 2.05) is 42.5 Å². The zero-order valence-electron chi connectivity index (χ0n) is 16.6. The van der Waals surface area contributed by atoms with Gasteiger partial charge in [0.15, 0.2) is 10.3 Å². The lowest BCUT2D eigenvalue weighted by Crippen LogP contribution is -2.32. The molecule has 1 aliphatic rings. The van der Waals surface area contributed by atoms with Crippen LogP contribution in [0.5, 0.6) is 0 Å². The van der Waals surface area contributed by atoms with Crippen LogP contribution >= 0.6 is 23.5 Å². The summed E-state index contributed by atoms with van der Waals surface area (Å²) in [5, 5.41) is 21.0. The molecule has 0 spiro atoms. The monoisotopic (exact) mass is 460 g/mol. The summed E-state index contributed by atoms with van der Waals surface area (Å²) in [6.45, 7) is 0. The Hall–Kier alpha value is -3.68. The zero-order chi connectivity index (χ0) is 22.3. The number of nitrogens with one attached hydrogen (secondary N) is 2. The maximum atomic E-state index is 12.4. The Labute approximate surface area is 191 Å². The Kier molecular flexibility index (Phi) is 6.79. The third kappa shape index (κ3) is 5.14. The van der Waals surface area contributed by atoms with E-state index in [4.69, 9.17) is 0 Å². The maximum Gasteiger partial charge on any atom is 0.270 e. The predicted molar refractivity (Wildman–Crippen MR) is 127 cm³/mol. The topological polar surface area (TPSA) is 123 Å². The number of hydrogen-bond acceptors (Lipinski definition) is 8. The third-order valence-electron chi connectivity index (χ3n) is 4.36. The number of nitrogens with zero attached hydrogens (tertiary/aromatic N) is 4. The molecule has 158 valence electrons. The highest BCUT2D eigenvalue weighted by Gasteiger charge is 2.17. The van der Waals surface area contributed by atoms with E-state index in [-0.39, 0.29) is 28.1 Å². The number of H-pyrrole nitrogens is 1. The van der Waals surface area contributed by atoms with E-state index >= 15 is 0 Å². The van der Waals surface area contributed by atoms with Crippen LogP contribution < -0.4 is 10.9 Å². The molecular weight excluding hydrogens is 444 g/mol. The van der Waals surface area contributed by atoms with Gasteiger partial charge in [0.2, 0.25) is 5.91 Å². The fourth-order valence-corrected chi connectivity index (χ4v) is 4.29. The molecule has 8 nitrogen and oxygen atoms in total. The van der Waals surface area contributed by atoms with Crippen molar-refractivity contribution in [3.63, 3.8) is 0 Å². The van der Waals surface area contributed by atoms with Gasteiger partial charge >= 0.3 is 0 Å². The van der Waals surface area contributed by atoms with Crippen molar-refractivity contribution in [2.24, 2.45) is 10.2 Å². The van der Waals surface area contributed by atoms with Crippen molar-refractivity contribution in [2.75, 3.05) is 11.5 Å². The summed E-state index contributed by atoms with van der Waals surface area (Å²) < 4.78 is 0. The van der Waals surface area contributed by atoms with E-state index in [0.29, 0.717) is 16.5 Å². The molecule has 0 atom stereocenters. The van der Waals surface area contributed by atoms with Crippen LogP contribution in [0.4, 0.5) is 0 Å². The fourth-order valence-electron chi connectivity index (χ4n) is 2.85. The lowest BCUT2D eigenvalue weighted by atomic mass is 10.1. The first kappa shape index (κ1) is 21.5. The molecule has 3 aromatic rings. The number of amides is 1. The van der Waals surface area contributed by atoms with Gasteiger partial charge in [-0.3, -0.25) is 9.59 Å². The van der Waals surface area contributed by atoms with E-state index in [9.17, 15) is 14.9 Å². The molecule has 2 heterocycles. The zero-order valence-corrected chi connectivity index (χ0v) is 18.2. The number of carbonyl (C=O) groups excluding carboxylic acids is 1. The van der Waals surface area contributed by atoms with Gasteiger partial charge in [0, 0.05) is 11.3 Å². The summed E-state index contributed by atoms with van der Waals surface area (Å²) in [5.74, 6) is 0.312. The standard InChI is InChI=1S/C22H16N6O2S2/c23-11-16-19(15-9-5-2-6-10-15)25-21(26-20(16)30)32-13-18(29)24-22-28-27-17(12-31-22)14-7-3-1-4-8-14/h1-10H,12-13H2,(H,24,28,29)(H,25,26,30). The SMILES string of the molecule is N#Cc1c(-c2ccccc2)nc(SCC(=O)NC2=NN=C(c3ccccc3)CS2)[nH]c1=O. The molecule has 0 fully saturated rings. The van der Waals surface area contributed by atoms with Crippen molar-refractivity contribution >= 4 is 40.3 Å². The van der Waals surface area contributed by atoms with Gasteiger partial charge in [0.05, 0.1) is 17.2 Å². The molecular formula is C22H16N6O2S2. The summed E-state index contributed by atoms with van der Waals surface area (Å²) in [6.07, 6.45) is 0. The first-order valence-electron chi connectivity index (χ1n) is 9.49. The molecule has 4 rings (SSSR count). The summed E-state index contributed by atoms with van der Waals surface area (Å²) in [7, 11) is 0. The molecule has 32 heavy (non-hydrogen) atoms. The summed E-state index contributed by atoms with van der Waals surface area (Å²) in [5.41, 5.74) is 2.17. The van der Waals surface area contributed by atoms with Crippen LogP contribution in [0.3, 0.4) is 0 Å². The van der Waals surface area contributed by atoms with Crippen molar-refractivity contribution in [1.29, 1.82) is 5.26 Å². The molecule has 2 N–H and O–H groups in total. The van der Waals surface area contributed by atoms with Crippen LogP contribution in [-0.4, -0.2) is 38.3 Å². The number of amidine groups is 1. The van der Waals surface area contributed by atoms with E-state index < -0.39 is 5.56 Å². The van der Waals surface area contributed by atoms with Gasteiger partial charge in [0.1, 0.15) is 11.6 Å². The van der Waals surface area contributed by atoms with E-state index in [1.165, 1.54) is 11.8 Å². The van der Waals surface area contributed by atoms with Crippen LogP contribution in [-0.2, 0) is 4.79 Å². The van der Waals surface area contributed by atoms with Gasteiger partial charge in [-0.05, 0) is 5.56 Å². The minimum Gasteiger partial charge on any atom is -0.303 e. The van der Waals surface area contributed by atoms with Gasteiger partial charge < -0.3 is 10.3 Å². The molecule has 0 saturated heterocycles. The van der Waals surface area contributed by atoms with Gasteiger partial charge in [0.25, 0.3) is 5.56 Å². The number of hydrogen-bond donors (Lipinski definition) is 2. The first-order chi connectivity index (χ1) is 15.6. The number of aromatic amines is 1. The highest BCUT2D eigenvalue weighted by molar-refractivity contribution is 8.14. The fraction of sp³-hybridized carbons (Fsp3) is 0.0909. The van der Waals surface area contributed by atoms with Crippen LogP contribution in [0.2, 0.25) is 0 Å². The molecule has 1 amide bonds. The highest BCUT2D eigenvalue weighted by atomic mass is 32.2. The van der Waals surface area contributed by atoms with Gasteiger partial charge in [-0.25, -0.2) is 4.98 Å². The molecule has 10 heteroatoms. The minimum atomic E-state index is -0.542. The van der Waals surface area contributed by atoms with Crippen LogP contribution in [0.15, 0.2) is 80.8 Å². The second-order valence-corrected chi connectivity index (χ2v) is 8.44. The molecule has 0 unspecified atom stereocenters. The second kappa shape index (κ2) is 10.1. The largest absolute Gasteiger partial charge is 0.303 e. The Bertz CT molecular complexity index is 1300. The minimum absolute atomic E-state index is 0.0118. The average Bonchev–Trinajstić information content (AvgIpc) is 2.84. The van der Waals surface area contributed by atoms with Gasteiger partial charge in [-0.15, -0.1) is 5.10 Å². The molecule has 0 bridgehead atoms. The number of carbonyl (C=O) groups is 1. The summed E-state index contributed by atoms with van der Waals surface area (Å²) in [6, 6.07) is 20.6. The average molecular weight is 461 g/mol. The van der Waals surface area contributed by atoms with Crippen LogP contribution in [0, 0.1) is 11.3 Å². The predicted octanol–water partition coefficient (Wildman–Crippen LogP) is 3.02. The molecule has 2 aromatic carbocycles. The smallest absolute Gasteiger partial charge is 0.270 e. The quantitative estimate of drug-likeness (QED) is 0.446. The maximum absolute atomic E-state index is 12.4. The molecule has 1 aromatic heterocycles. The van der Waals surface area contributed by atoms with Crippen LogP contribution in [0.25, 0.3) is 11.3 Å². The third-order valence-corrected chi connectivity index (χ3v) is 6.11. The number of thioether (sulfide) groups is 2. The molecule has 0 aliphatic carbocycles. The van der Waals surface area contributed by atoms with Crippen molar-refractivity contribution < 1.29 is 4.79 Å².